The van der Waals surface area contributed by atoms with Crippen LogP contribution in [-0.4, -0.2) is 43.3 Å². The molecule has 0 radical (unpaired) electrons. The Kier molecular flexibility index (Phi) is 5.58. The highest BCUT2D eigenvalue weighted by Crippen LogP contribution is 2.10. The first-order chi connectivity index (χ1) is 7.11. The third kappa shape index (κ3) is 4.96. The van der Waals surface area contributed by atoms with E-state index in [0.29, 0.717) is 18.1 Å². The normalized spacial score (nSPS) is 25.8. The Morgan fingerprint density at radius 2 is 2.20 bits per heavy atom. The fourth-order valence-electron chi connectivity index (χ4n) is 2.20. The van der Waals surface area contributed by atoms with Gasteiger partial charge in [0.2, 0.25) is 0 Å². The van der Waals surface area contributed by atoms with Gasteiger partial charge in [-0.05, 0) is 18.8 Å². The van der Waals surface area contributed by atoms with E-state index < -0.39 is 0 Å². The SMILES string of the molecule is CCC1CN(CC(N)CC(C)C)CCO1. The average molecular weight is 214 g/mol. The molecule has 3 nitrogen and oxygen atoms in total. The number of morpholine rings is 1. The Morgan fingerprint density at radius 1 is 1.47 bits per heavy atom. The molecule has 2 unspecified atom stereocenters. The largest absolute Gasteiger partial charge is 0.376 e. The predicted octanol–water partition coefficient (Wildman–Crippen LogP) is 1.47. The van der Waals surface area contributed by atoms with Crippen LogP contribution < -0.4 is 5.73 Å². The third-order valence-corrected chi connectivity index (χ3v) is 2.95. The molecule has 2 atom stereocenters. The van der Waals surface area contributed by atoms with E-state index in [4.69, 9.17) is 10.5 Å². The van der Waals surface area contributed by atoms with Crippen LogP contribution in [0.4, 0.5) is 0 Å². The maximum absolute atomic E-state index is 6.11. The smallest absolute Gasteiger partial charge is 0.0700 e. The van der Waals surface area contributed by atoms with Gasteiger partial charge >= 0.3 is 0 Å². The fraction of sp³-hybridized carbons (Fsp3) is 1.00. The molecule has 2 N–H and O–H groups in total. The fourth-order valence-corrected chi connectivity index (χ4v) is 2.20. The van der Waals surface area contributed by atoms with Crippen molar-refractivity contribution >= 4 is 0 Å². The van der Waals surface area contributed by atoms with Crippen LogP contribution in [0.15, 0.2) is 0 Å². The summed E-state index contributed by atoms with van der Waals surface area (Å²) < 4.78 is 5.64. The minimum Gasteiger partial charge on any atom is -0.376 e. The minimum absolute atomic E-state index is 0.320. The molecule has 0 aliphatic carbocycles. The Balaban J connectivity index is 2.25. The van der Waals surface area contributed by atoms with Crippen molar-refractivity contribution in [1.82, 2.24) is 4.90 Å². The second kappa shape index (κ2) is 6.46. The van der Waals surface area contributed by atoms with Gasteiger partial charge in [-0.25, -0.2) is 0 Å². The zero-order valence-corrected chi connectivity index (χ0v) is 10.4. The average Bonchev–Trinajstić information content (AvgIpc) is 2.16. The first kappa shape index (κ1) is 12.9. The van der Waals surface area contributed by atoms with Gasteiger partial charge in [-0.3, -0.25) is 4.90 Å². The Hall–Kier alpha value is -0.120. The van der Waals surface area contributed by atoms with E-state index in [-0.39, 0.29) is 0 Å². The molecule has 0 spiro atoms. The van der Waals surface area contributed by atoms with Crippen LogP contribution in [0.25, 0.3) is 0 Å². The first-order valence-electron chi connectivity index (χ1n) is 6.21. The van der Waals surface area contributed by atoms with E-state index in [1.165, 1.54) is 0 Å². The number of hydrogen-bond donors (Lipinski definition) is 1. The molecule has 0 aromatic heterocycles. The maximum atomic E-state index is 6.11. The van der Waals surface area contributed by atoms with Crippen LogP contribution in [0.5, 0.6) is 0 Å². The van der Waals surface area contributed by atoms with Crippen LogP contribution in [0, 0.1) is 5.92 Å². The van der Waals surface area contributed by atoms with Crippen LogP contribution in [0.3, 0.4) is 0 Å². The molecular formula is C12H26N2O. The topological polar surface area (TPSA) is 38.5 Å². The molecule has 3 heteroatoms. The summed E-state index contributed by atoms with van der Waals surface area (Å²) in [6, 6.07) is 0.320. The van der Waals surface area contributed by atoms with E-state index >= 15 is 0 Å². The Morgan fingerprint density at radius 3 is 2.80 bits per heavy atom. The highest BCUT2D eigenvalue weighted by molar-refractivity contribution is 4.75. The molecular weight excluding hydrogens is 188 g/mol. The second-order valence-corrected chi connectivity index (χ2v) is 5.05. The third-order valence-electron chi connectivity index (χ3n) is 2.95. The summed E-state index contributed by atoms with van der Waals surface area (Å²) in [4.78, 5) is 2.45. The molecule has 1 fully saturated rings. The van der Waals surface area contributed by atoms with Gasteiger partial charge in [0.25, 0.3) is 0 Å². The standard InChI is InChI=1S/C12H26N2O/c1-4-12-9-14(5-6-15-12)8-11(13)7-10(2)3/h10-12H,4-9,13H2,1-3H3. The molecule has 0 aromatic rings. The monoisotopic (exact) mass is 214 g/mol. The van der Waals surface area contributed by atoms with Gasteiger partial charge in [0.05, 0.1) is 12.7 Å². The predicted molar refractivity (Wildman–Crippen MR) is 63.9 cm³/mol. The molecule has 0 aromatic carbocycles. The number of rotatable bonds is 5. The number of ether oxygens (including phenoxy) is 1. The quantitative estimate of drug-likeness (QED) is 0.753. The summed E-state index contributed by atoms with van der Waals surface area (Å²) in [5, 5.41) is 0. The van der Waals surface area contributed by atoms with Gasteiger partial charge in [-0.15, -0.1) is 0 Å². The van der Waals surface area contributed by atoms with E-state index in [1.54, 1.807) is 0 Å². The molecule has 1 aliphatic rings. The van der Waals surface area contributed by atoms with Crippen LogP contribution in [-0.2, 0) is 4.74 Å². The Bertz CT molecular complexity index is 173. The van der Waals surface area contributed by atoms with E-state index in [9.17, 15) is 0 Å². The van der Waals surface area contributed by atoms with Crippen molar-refractivity contribution in [1.29, 1.82) is 0 Å². The molecule has 1 saturated heterocycles. The van der Waals surface area contributed by atoms with Gasteiger partial charge in [0.1, 0.15) is 0 Å². The van der Waals surface area contributed by atoms with Crippen molar-refractivity contribution in [3.8, 4) is 0 Å². The Labute approximate surface area is 94.0 Å². The number of nitrogens with zero attached hydrogens (tertiary/aromatic N) is 1. The lowest BCUT2D eigenvalue weighted by atomic mass is 10.0. The summed E-state index contributed by atoms with van der Waals surface area (Å²) in [7, 11) is 0. The molecule has 0 amide bonds. The summed E-state index contributed by atoms with van der Waals surface area (Å²) in [6.45, 7) is 10.6. The van der Waals surface area contributed by atoms with Crippen molar-refractivity contribution in [3.63, 3.8) is 0 Å². The van der Waals surface area contributed by atoms with Crippen LogP contribution >= 0.6 is 0 Å². The molecule has 1 heterocycles. The minimum atomic E-state index is 0.320. The second-order valence-electron chi connectivity index (χ2n) is 5.05. The molecule has 1 rings (SSSR count). The first-order valence-corrected chi connectivity index (χ1v) is 6.21. The van der Waals surface area contributed by atoms with Gasteiger partial charge < -0.3 is 10.5 Å². The van der Waals surface area contributed by atoms with E-state index in [1.807, 2.05) is 0 Å². The highest BCUT2D eigenvalue weighted by Gasteiger charge is 2.20. The summed E-state index contributed by atoms with van der Waals surface area (Å²) in [5.74, 6) is 0.697. The molecule has 0 saturated carbocycles. The van der Waals surface area contributed by atoms with Crippen molar-refractivity contribution in [2.24, 2.45) is 11.7 Å². The van der Waals surface area contributed by atoms with Crippen molar-refractivity contribution in [2.75, 3.05) is 26.2 Å². The van der Waals surface area contributed by atoms with Gasteiger partial charge in [0, 0.05) is 25.7 Å². The van der Waals surface area contributed by atoms with Crippen LogP contribution in [0.2, 0.25) is 0 Å². The molecule has 1 aliphatic heterocycles. The molecule has 15 heavy (non-hydrogen) atoms. The lowest BCUT2D eigenvalue weighted by Gasteiger charge is -2.34. The van der Waals surface area contributed by atoms with Crippen molar-refractivity contribution in [3.05, 3.63) is 0 Å². The highest BCUT2D eigenvalue weighted by atomic mass is 16.5. The van der Waals surface area contributed by atoms with Gasteiger partial charge in [0.15, 0.2) is 0 Å². The van der Waals surface area contributed by atoms with Crippen LogP contribution in [0.1, 0.15) is 33.6 Å². The van der Waals surface area contributed by atoms with Crippen molar-refractivity contribution in [2.45, 2.75) is 45.8 Å². The summed E-state index contributed by atoms with van der Waals surface area (Å²) >= 11 is 0. The van der Waals surface area contributed by atoms with E-state index in [2.05, 4.69) is 25.7 Å². The summed E-state index contributed by atoms with van der Waals surface area (Å²) in [6.07, 6.45) is 2.65. The zero-order chi connectivity index (χ0) is 11.3. The molecule has 0 bridgehead atoms. The number of hydrogen-bond acceptors (Lipinski definition) is 3. The lowest BCUT2D eigenvalue weighted by Crippen LogP contribution is -2.47. The van der Waals surface area contributed by atoms with Gasteiger partial charge in [-0.1, -0.05) is 20.8 Å². The lowest BCUT2D eigenvalue weighted by molar-refractivity contribution is -0.0315. The van der Waals surface area contributed by atoms with Crippen molar-refractivity contribution < 1.29 is 4.74 Å². The summed E-state index contributed by atoms with van der Waals surface area (Å²) in [5.41, 5.74) is 6.11. The number of nitrogens with two attached hydrogens (primary N) is 1. The zero-order valence-electron chi connectivity index (χ0n) is 10.4. The van der Waals surface area contributed by atoms with Gasteiger partial charge in [-0.2, -0.15) is 0 Å². The molecule has 90 valence electrons. The van der Waals surface area contributed by atoms with E-state index in [0.717, 1.165) is 39.1 Å². The maximum Gasteiger partial charge on any atom is 0.0700 e.